The summed E-state index contributed by atoms with van der Waals surface area (Å²) in [6.07, 6.45) is 0. The van der Waals surface area contributed by atoms with Crippen molar-refractivity contribution >= 4 is 9.41 Å². The van der Waals surface area contributed by atoms with Crippen molar-refractivity contribution in [3.05, 3.63) is 71.8 Å². The summed E-state index contributed by atoms with van der Waals surface area (Å²) in [5.74, 6) is 0. The molecule has 0 heterocycles. The molecule has 0 aromatic heterocycles. The van der Waals surface area contributed by atoms with Crippen LogP contribution in [-0.2, 0) is 4.46 Å². The van der Waals surface area contributed by atoms with Gasteiger partial charge in [-0.05, 0) is 11.1 Å². The van der Waals surface area contributed by atoms with Gasteiger partial charge in [-0.2, -0.15) is 0 Å². The van der Waals surface area contributed by atoms with Gasteiger partial charge in [0.2, 0.25) is 0 Å². The molecule has 1 nitrogen and oxygen atoms in total. The Kier molecular flexibility index (Phi) is 3.20. The van der Waals surface area contributed by atoms with Crippen molar-refractivity contribution in [2.45, 2.75) is 5.54 Å². The van der Waals surface area contributed by atoms with Gasteiger partial charge < -0.3 is 4.46 Å². The van der Waals surface area contributed by atoms with Crippen LogP contribution in [0.25, 0.3) is 0 Å². The van der Waals surface area contributed by atoms with Crippen molar-refractivity contribution in [3.8, 4) is 0 Å². The third-order valence-corrected chi connectivity index (χ3v) is 3.29. The highest BCUT2D eigenvalue weighted by Gasteiger charge is 2.13. The smallest absolute Gasteiger partial charge is 0.339 e. The Hall–Kier alpha value is -1.54. The molecule has 0 fully saturated rings. The summed E-state index contributed by atoms with van der Waals surface area (Å²) in [7, 11) is -0.346. The molecule has 15 heavy (non-hydrogen) atoms. The van der Waals surface area contributed by atoms with Crippen molar-refractivity contribution in [1.29, 1.82) is 0 Å². The van der Waals surface area contributed by atoms with Crippen LogP contribution in [-0.4, -0.2) is 9.41 Å². The third-order valence-electron chi connectivity index (χ3n) is 2.38. The van der Waals surface area contributed by atoms with E-state index in [0.29, 0.717) is 0 Å². The highest BCUT2D eigenvalue weighted by Crippen LogP contribution is 2.21. The van der Waals surface area contributed by atoms with Crippen molar-refractivity contribution in [2.24, 2.45) is 0 Å². The first-order valence-electron chi connectivity index (χ1n) is 4.89. The van der Waals surface area contributed by atoms with Gasteiger partial charge in [-0.15, -0.1) is 0 Å². The van der Waals surface area contributed by atoms with Crippen LogP contribution in [0.3, 0.4) is 0 Å². The summed E-state index contributed by atoms with van der Waals surface area (Å²) in [4.78, 5) is 0. The van der Waals surface area contributed by atoms with Gasteiger partial charge in [0.15, 0.2) is 0 Å². The minimum Gasteiger partial charge on any atom is -0.384 e. The van der Waals surface area contributed by atoms with E-state index in [1.54, 1.807) is 0 Å². The van der Waals surface area contributed by atoms with E-state index in [9.17, 15) is 4.46 Å². The molecule has 0 saturated heterocycles. The van der Waals surface area contributed by atoms with Crippen LogP contribution in [0.4, 0.5) is 0 Å². The van der Waals surface area contributed by atoms with Crippen LogP contribution in [0.2, 0.25) is 0 Å². The van der Waals surface area contributed by atoms with Crippen molar-refractivity contribution in [2.75, 3.05) is 0 Å². The zero-order chi connectivity index (χ0) is 10.5. The average molecular weight is 211 g/mol. The molecule has 0 spiro atoms. The van der Waals surface area contributed by atoms with Gasteiger partial charge in [-0.25, -0.2) is 0 Å². The van der Waals surface area contributed by atoms with Gasteiger partial charge in [0.25, 0.3) is 0 Å². The largest absolute Gasteiger partial charge is 0.384 e. The summed E-state index contributed by atoms with van der Waals surface area (Å²) in [5.41, 5.74) is 2.22. The van der Waals surface area contributed by atoms with E-state index in [0.717, 1.165) is 11.1 Å². The van der Waals surface area contributed by atoms with E-state index >= 15 is 0 Å². The third kappa shape index (κ3) is 2.28. The molecule has 1 radical (unpaired) electrons. The van der Waals surface area contributed by atoms with E-state index < -0.39 is 0 Å². The molecule has 0 aliphatic heterocycles. The number of hydrogen-bond acceptors (Lipinski definition) is 1. The Bertz CT molecular complexity index is 385. The lowest BCUT2D eigenvalue weighted by Crippen LogP contribution is -2.03. The Morgan fingerprint density at radius 2 is 1.13 bits per heavy atom. The van der Waals surface area contributed by atoms with Gasteiger partial charge in [0, 0.05) is 0 Å². The van der Waals surface area contributed by atoms with Crippen LogP contribution in [0.5, 0.6) is 0 Å². The standard InChI is InChI=1S/C13H11OSi/c14-15-13(11-7-3-1-4-8-11)12-9-5-2-6-10-12/h1-10,13H. The predicted octanol–water partition coefficient (Wildman–Crippen LogP) is 2.83. The van der Waals surface area contributed by atoms with Crippen LogP contribution >= 0.6 is 0 Å². The maximum absolute atomic E-state index is 11.3. The highest BCUT2D eigenvalue weighted by molar-refractivity contribution is 6.21. The number of rotatable bonds is 3. The first kappa shape index (κ1) is 9.99. The Balaban J connectivity index is 2.38. The van der Waals surface area contributed by atoms with Crippen LogP contribution in [0, 0.1) is 0 Å². The minimum absolute atomic E-state index is 0.00685. The van der Waals surface area contributed by atoms with Gasteiger partial charge in [-0.1, -0.05) is 60.7 Å². The molecule has 0 bridgehead atoms. The molecule has 0 aliphatic carbocycles. The molecule has 2 heteroatoms. The lowest BCUT2D eigenvalue weighted by atomic mass is 10.0. The zero-order valence-electron chi connectivity index (χ0n) is 8.26. The van der Waals surface area contributed by atoms with Gasteiger partial charge in [-0.3, -0.25) is 0 Å². The van der Waals surface area contributed by atoms with E-state index in [2.05, 4.69) is 0 Å². The summed E-state index contributed by atoms with van der Waals surface area (Å²) in [6.45, 7) is 0. The van der Waals surface area contributed by atoms with Crippen LogP contribution in [0.15, 0.2) is 60.7 Å². The van der Waals surface area contributed by atoms with Gasteiger partial charge in [0.05, 0.1) is 5.54 Å². The number of benzene rings is 2. The van der Waals surface area contributed by atoms with Gasteiger partial charge in [0.1, 0.15) is 0 Å². The van der Waals surface area contributed by atoms with Crippen LogP contribution < -0.4 is 0 Å². The zero-order valence-corrected chi connectivity index (χ0v) is 9.26. The van der Waals surface area contributed by atoms with E-state index in [-0.39, 0.29) is 14.9 Å². The fourth-order valence-electron chi connectivity index (χ4n) is 1.62. The predicted molar refractivity (Wildman–Crippen MR) is 61.2 cm³/mol. The molecule has 0 amide bonds. The Morgan fingerprint density at radius 1 is 0.733 bits per heavy atom. The topological polar surface area (TPSA) is 17.1 Å². The molecular formula is C13H11OSi. The maximum atomic E-state index is 11.3. The molecule has 0 aliphatic rings. The first-order chi connectivity index (χ1) is 7.42. The summed E-state index contributed by atoms with van der Waals surface area (Å²) in [5, 5.41) is 0. The van der Waals surface area contributed by atoms with Crippen molar-refractivity contribution < 1.29 is 4.46 Å². The quantitative estimate of drug-likeness (QED) is 0.713. The molecule has 0 atom stereocenters. The van der Waals surface area contributed by atoms with E-state index in [1.165, 1.54) is 0 Å². The summed E-state index contributed by atoms with van der Waals surface area (Å²) >= 11 is 0. The monoisotopic (exact) mass is 211 g/mol. The Labute approximate surface area is 91.7 Å². The normalized spacial score (nSPS) is 10.2. The molecule has 2 aromatic rings. The molecule has 0 N–H and O–H groups in total. The van der Waals surface area contributed by atoms with Crippen molar-refractivity contribution in [3.63, 3.8) is 0 Å². The molecule has 73 valence electrons. The molecule has 0 unspecified atom stereocenters. The summed E-state index contributed by atoms with van der Waals surface area (Å²) in [6, 6.07) is 19.9. The molecular weight excluding hydrogens is 200 g/mol. The lowest BCUT2D eigenvalue weighted by molar-refractivity contribution is 0.571. The highest BCUT2D eigenvalue weighted by atomic mass is 28.2. The first-order valence-corrected chi connectivity index (χ1v) is 5.88. The van der Waals surface area contributed by atoms with E-state index in [4.69, 9.17) is 0 Å². The maximum Gasteiger partial charge on any atom is 0.339 e. The second-order valence-corrected chi connectivity index (χ2v) is 4.19. The lowest BCUT2D eigenvalue weighted by Gasteiger charge is -2.09. The second-order valence-electron chi connectivity index (χ2n) is 3.37. The molecule has 0 saturated carbocycles. The molecule has 2 aromatic carbocycles. The number of hydrogen-bond donors (Lipinski definition) is 0. The minimum atomic E-state index is -0.346. The SMILES string of the molecule is O=[Si]C(c1ccccc1)c1ccccc1. The van der Waals surface area contributed by atoms with Gasteiger partial charge >= 0.3 is 9.41 Å². The fourth-order valence-corrected chi connectivity index (χ4v) is 2.28. The second kappa shape index (κ2) is 4.80. The fraction of sp³-hybridized carbons (Fsp3) is 0.0769. The average Bonchev–Trinajstić information content (AvgIpc) is 2.33. The summed E-state index contributed by atoms with van der Waals surface area (Å²) < 4.78 is 11.3. The molecule has 2 rings (SSSR count). The van der Waals surface area contributed by atoms with Crippen LogP contribution in [0.1, 0.15) is 16.7 Å². The van der Waals surface area contributed by atoms with E-state index in [1.807, 2.05) is 60.7 Å². The Morgan fingerprint density at radius 3 is 1.47 bits per heavy atom. The van der Waals surface area contributed by atoms with Crippen molar-refractivity contribution in [1.82, 2.24) is 0 Å².